The molecular formula is C19H21N. The first kappa shape index (κ1) is 13.0. The van der Waals surface area contributed by atoms with E-state index in [1.165, 1.54) is 33.3 Å². The highest BCUT2D eigenvalue weighted by molar-refractivity contribution is 5.84. The predicted molar refractivity (Wildman–Crippen MR) is 86.3 cm³/mol. The zero-order valence-corrected chi connectivity index (χ0v) is 12.5. The average Bonchev–Trinajstić information content (AvgIpc) is 2.76. The number of para-hydroxylation sites is 1. The molecule has 0 N–H and O–H groups in total. The molecule has 0 bridgehead atoms. The second-order valence-electron chi connectivity index (χ2n) is 5.55. The van der Waals surface area contributed by atoms with Gasteiger partial charge in [-0.3, -0.25) is 0 Å². The van der Waals surface area contributed by atoms with Crippen LogP contribution in [0.5, 0.6) is 0 Å². The van der Waals surface area contributed by atoms with Gasteiger partial charge in [0.2, 0.25) is 0 Å². The van der Waals surface area contributed by atoms with Crippen molar-refractivity contribution in [3.8, 4) is 0 Å². The highest BCUT2D eigenvalue weighted by Crippen LogP contribution is 2.24. The van der Waals surface area contributed by atoms with E-state index in [1.54, 1.807) is 0 Å². The first-order chi connectivity index (χ1) is 9.69. The van der Waals surface area contributed by atoms with E-state index in [-0.39, 0.29) is 0 Å². The van der Waals surface area contributed by atoms with Gasteiger partial charge in [-0.05, 0) is 42.5 Å². The van der Waals surface area contributed by atoms with Crippen LogP contribution < -0.4 is 0 Å². The molecule has 0 atom stereocenters. The SMILES string of the molecule is CCc1ccc(Cc2cccc3cc(C)n(C)c23)cc1. The number of nitrogens with zero attached hydrogens (tertiary/aromatic N) is 1. The summed E-state index contributed by atoms with van der Waals surface area (Å²) in [5.74, 6) is 0. The molecule has 1 heterocycles. The Balaban J connectivity index is 2.01. The van der Waals surface area contributed by atoms with Crippen LogP contribution in [0.1, 0.15) is 29.3 Å². The van der Waals surface area contributed by atoms with Crippen molar-refractivity contribution < 1.29 is 0 Å². The monoisotopic (exact) mass is 263 g/mol. The summed E-state index contributed by atoms with van der Waals surface area (Å²) in [4.78, 5) is 0. The van der Waals surface area contributed by atoms with Crippen LogP contribution in [0.25, 0.3) is 10.9 Å². The smallest absolute Gasteiger partial charge is 0.0515 e. The average molecular weight is 263 g/mol. The van der Waals surface area contributed by atoms with E-state index in [2.05, 4.69) is 74.0 Å². The van der Waals surface area contributed by atoms with E-state index in [9.17, 15) is 0 Å². The number of aryl methyl sites for hydroxylation is 3. The Bertz CT molecular complexity index is 732. The Hall–Kier alpha value is -2.02. The van der Waals surface area contributed by atoms with Crippen molar-refractivity contribution in [3.05, 3.63) is 70.9 Å². The lowest BCUT2D eigenvalue weighted by atomic mass is 10.0. The first-order valence-electron chi connectivity index (χ1n) is 7.30. The van der Waals surface area contributed by atoms with Crippen LogP contribution in [-0.2, 0) is 19.9 Å². The molecular weight excluding hydrogens is 242 g/mol. The second kappa shape index (κ2) is 5.16. The van der Waals surface area contributed by atoms with Crippen molar-refractivity contribution in [1.29, 1.82) is 0 Å². The maximum atomic E-state index is 2.30. The normalized spacial score (nSPS) is 11.2. The molecule has 2 aromatic carbocycles. The third-order valence-corrected chi connectivity index (χ3v) is 4.21. The van der Waals surface area contributed by atoms with Gasteiger partial charge in [0, 0.05) is 18.1 Å². The summed E-state index contributed by atoms with van der Waals surface area (Å²) in [6, 6.07) is 17.9. The van der Waals surface area contributed by atoms with E-state index in [0.717, 1.165) is 12.8 Å². The first-order valence-corrected chi connectivity index (χ1v) is 7.30. The fourth-order valence-corrected chi connectivity index (χ4v) is 2.89. The zero-order valence-electron chi connectivity index (χ0n) is 12.5. The van der Waals surface area contributed by atoms with Gasteiger partial charge in [0.15, 0.2) is 0 Å². The van der Waals surface area contributed by atoms with Crippen LogP contribution in [0, 0.1) is 6.92 Å². The highest BCUT2D eigenvalue weighted by Gasteiger charge is 2.07. The van der Waals surface area contributed by atoms with Crippen LogP contribution >= 0.6 is 0 Å². The van der Waals surface area contributed by atoms with Gasteiger partial charge in [0.1, 0.15) is 0 Å². The number of hydrogen-bond donors (Lipinski definition) is 0. The van der Waals surface area contributed by atoms with Crippen LogP contribution in [-0.4, -0.2) is 4.57 Å². The van der Waals surface area contributed by atoms with Gasteiger partial charge >= 0.3 is 0 Å². The molecule has 0 unspecified atom stereocenters. The molecule has 0 fully saturated rings. The maximum Gasteiger partial charge on any atom is 0.0515 e. The van der Waals surface area contributed by atoms with Gasteiger partial charge in [-0.25, -0.2) is 0 Å². The molecule has 0 spiro atoms. The van der Waals surface area contributed by atoms with Crippen LogP contribution in [0.3, 0.4) is 0 Å². The van der Waals surface area contributed by atoms with E-state index in [1.807, 2.05) is 0 Å². The molecule has 0 amide bonds. The van der Waals surface area contributed by atoms with Crippen LogP contribution in [0.15, 0.2) is 48.5 Å². The fraction of sp³-hybridized carbons (Fsp3) is 0.263. The molecule has 1 nitrogen and oxygen atoms in total. The minimum Gasteiger partial charge on any atom is -0.348 e. The Kier molecular flexibility index (Phi) is 3.35. The van der Waals surface area contributed by atoms with E-state index < -0.39 is 0 Å². The molecule has 1 aromatic heterocycles. The van der Waals surface area contributed by atoms with Crippen molar-refractivity contribution in [2.24, 2.45) is 7.05 Å². The standard InChI is InChI=1S/C19H21N/c1-4-15-8-10-16(11-9-15)13-18-7-5-6-17-12-14(2)20(3)19(17)18/h5-12H,4,13H2,1-3H3. The minimum atomic E-state index is 0.999. The van der Waals surface area contributed by atoms with E-state index >= 15 is 0 Å². The van der Waals surface area contributed by atoms with Crippen molar-refractivity contribution in [3.63, 3.8) is 0 Å². The van der Waals surface area contributed by atoms with Gasteiger partial charge in [-0.1, -0.05) is 49.4 Å². The van der Waals surface area contributed by atoms with Crippen molar-refractivity contribution in [1.82, 2.24) is 4.57 Å². The molecule has 0 radical (unpaired) electrons. The van der Waals surface area contributed by atoms with Crippen molar-refractivity contribution >= 4 is 10.9 Å². The second-order valence-corrected chi connectivity index (χ2v) is 5.55. The molecule has 0 aliphatic heterocycles. The molecule has 3 rings (SSSR count). The summed E-state index contributed by atoms with van der Waals surface area (Å²) in [6.07, 6.45) is 2.10. The van der Waals surface area contributed by atoms with Crippen LogP contribution in [0.2, 0.25) is 0 Å². The predicted octanol–water partition coefficient (Wildman–Crippen LogP) is 4.64. The topological polar surface area (TPSA) is 4.93 Å². The van der Waals surface area contributed by atoms with Gasteiger partial charge in [-0.2, -0.15) is 0 Å². The lowest BCUT2D eigenvalue weighted by Crippen LogP contribution is -1.96. The van der Waals surface area contributed by atoms with E-state index in [0.29, 0.717) is 0 Å². The number of rotatable bonds is 3. The minimum absolute atomic E-state index is 0.999. The number of hydrogen-bond acceptors (Lipinski definition) is 0. The van der Waals surface area contributed by atoms with E-state index in [4.69, 9.17) is 0 Å². The molecule has 0 aliphatic rings. The molecule has 102 valence electrons. The molecule has 1 heteroatoms. The van der Waals surface area contributed by atoms with Gasteiger partial charge in [-0.15, -0.1) is 0 Å². The molecule has 3 aromatic rings. The number of benzene rings is 2. The largest absolute Gasteiger partial charge is 0.348 e. The van der Waals surface area contributed by atoms with Gasteiger partial charge < -0.3 is 4.57 Å². The summed E-state index contributed by atoms with van der Waals surface area (Å²) >= 11 is 0. The summed E-state index contributed by atoms with van der Waals surface area (Å²) in [5, 5.41) is 1.34. The fourth-order valence-electron chi connectivity index (χ4n) is 2.89. The maximum absolute atomic E-state index is 2.30. The van der Waals surface area contributed by atoms with Crippen LogP contribution in [0.4, 0.5) is 0 Å². The molecule has 0 aliphatic carbocycles. The Morgan fingerprint density at radius 1 is 0.950 bits per heavy atom. The molecule has 0 saturated heterocycles. The van der Waals surface area contributed by atoms with Crippen molar-refractivity contribution in [2.75, 3.05) is 0 Å². The zero-order chi connectivity index (χ0) is 14.1. The summed E-state index contributed by atoms with van der Waals surface area (Å²) in [5.41, 5.74) is 6.87. The number of fused-ring (bicyclic) bond motifs is 1. The lowest BCUT2D eigenvalue weighted by molar-refractivity contribution is 0.910. The summed E-state index contributed by atoms with van der Waals surface area (Å²) in [7, 11) is 2.15. The third kappa shape index (κ3) is 2.24. The Morgan fingerprint density at radius 2 is 1.65 bits per heavy atom. The molecule has 0 saturated carbocycles. The van der Waals surface area contributed by atoms with Gasteiger partial charge in [0.05, 0.1) is 5.52 Å². The van der Waals surface area contributed by atoms with Crippen molar-refractivity contribution in [2.45, 2.75) is 26.7 Å². The third-order valence-electron chi connectivity index (χ3n) is 4.21. The summed E-state index contributed by atoms with van der Waals surface area (Å²) in [6.45, 7) is 4.36. The molecule has 20 heavy (non-hydrogen) atoms. The highest BCUT2D eigenvalue weighted by atomic mass is 14.9. The van der Waals surface area contributed by atoms with Gasteiger partial charge in [0.25, 0.3) is 0 Å². The lowest BCUT2D eigenvalue weighted by Gasteiger charge is -2.08. The number of aromatic nitrogens is 1. The Morgan fingerprint density at radius 3 is 2.35 bits per heavy atom. The quantitative estimate of drug-likeness (QED) is 0.648. The summed E-state index contributed by atoms with van der Waals surface area (Å²) < 4.78 is 2.30. The Labute approximate surface area is 120 Å².